The Morgan fingerprint density at radius 2 is 1.68 bits per heavy atom. The zero-order chi connectivity index (χ0) is 30.4. The average Bonchev–Trinajstić information content (AvgIpc) is 3.58. The molecule has 14 heteroatoms. The van der Waals surface area contributed by atoms with E-state index < -0.39 is 23.4 Å². The molecular weight excluding hydrogens is 551 g/mol. The predicted molar refractivity (Wildman–Crippen MR) is 140 cm³/mol. The van der Waals surface area contributed by atoms with Crippen molar-refractivity contribution in [2.75, 3.05) is 0 Å². The number of halogens is 5. The second-order valence-electron chi connectivity index (χ2n) is 11.3. The van der Waals surface area contributed by atoms with E-state index in [1.807, 2.05) is 12.1 Å². The molecule has 9 nitrogen and oxygen atoms in total. The molecule has 2 aliphatic carbocycles. The fourth-order valence-electron chi connectivity index (χ4n) is 3.45. The first-order valence-electron chi connectivity index (χ1n) is 13.3. The van der Waals surface area contributed by atoms with Gasteiger partial charge in [0.25, 0.3) is 5.91 Å². The fourth-order valence-corrected chi connectivity index (χ4v) is 3.45. The number of alkyl halides is 5. The molecule has 0 atom stereocenters. The van der Waals surface area contributed by atoms with Crippen LogP contribution in [0.25, 0.3) is 11.0 Å². The zero-order valence-corrected chi connectivity index (χ0v) is 23.4. The third kappa shape index (κ3) is 10.1. The molecule has 0 aliphatic heterocycles. The summed E-state index contributed by atoms with van der Waals surface area (Å²) >= 11 is 0. The molecule has 2 aliphatic rings. The van der Waals surface area contributed by atoms with Gasteiger partial charge in [-0.15, -0.1) is 0 Å². The van der Waals surface area contributed by atoms with E-state index >= 15 is 0 Å². The number of rotatable bonds is 7. The third-order valence-electron chi connectivity index (χ3n) is 6.22. The second kappa shape index (κ2) is 12.9. The molecule has 41 heavy (non-hydrogen) atoms. The van der Waals surface area contributed by atoms with Crippen LogP contribution in [0, 0.1) is 18.3 Å². The normalized spacial score (nSPS) is 16.0. The van der Waals surface area contributed by atoms with Crippen LogP contribution in [-0.2, 0) is 17.9 Å². The zero-order valence-electron chi connectivity index (χ0n) is 23.4. The lowest BCUT2D eigenvalue weighted by molar-refractivity contribution is -0.204. The molecule has 0 bridgehead atoms. The highest BCUT2D eigenvalue weighted by Gasteiger charge is 2.45. The van der Waals surface area contributed by atoms with Gasteiger partial charge >= 0.3 is 6.18 Å². The van der Waals surface area contributed by atoms with Crippen molar-refractivity contribution in [2.24, 2.45) is 11.3 Å². The van der Waals surface area contributed by atoms with E-state index in [-0.39, 0.29) is 43.3 Å². The van der Waals surface area contributed by atoms with Crippen LogP contribution < -0.4 is 10.6 Å². The van der Waals surface area contributed by atoms with Crippen molar-refractivity contribution in [1.29, 1.82) is 0 Å². The van der Waals surface area contributed by atoms with Crippen LogP contribution in [0.1, 0.15) is 86.9 Å². The van der Waals surface area contributed by atoms with Crippen LogP contribution in [0.4, 0.5) is 22.0 Å². The first kappa shape index (κ1) is 31.9. The van der Waals surface area contributed by atoms with Crippen molar-refractivity contribution < 1.29 is 36.2 Å². The van der Waals surface area contributed by atoms with Gasteiger partial charge in [-0.1, -0.05) is 51.3 Å². The summed E-state index contributed by atoms with van der Waals surface area (Å²) in [6, 6.07) is 5.47. The minimum atomic E-state index is -4.06. The minimum absolute atomic E-state index is 0.117. The molecule has 0 unspecified atom stereocenters. The molecule has 0 saturated heterocycles. The molecule has 0 spiro atoms. The van der Waals surface area contributed by atoms with Gasteiger partial charge in [0.05, 0.1) is 23.0 Å². The molecule has 2 saturated carbocycles. The Hall–Kier alpha value is -3.58. The first-order valence-corrected chi connectivity index (χ1v) is 13.3. The number of nitrogens with one attached hydrogen (secondary N) is 3. The predicted octanol–water partition coefficient (Wildman–Crippen LogP) is 6.00. The number of aromatic nitrogens is 4. The summed E-state index contributed by atoms with van der Waals surface area (Å²) < 4.78 is 64.9. The monoisotopic (exact) mass is 586 g/mol. The molecule has 2 heterocycles. The van der Waals surface area contributed by atoms with Crippen LogP contribution in [0.2, 0.25) is 0 Å². The Morgan fingerprint density at radius 3 is 2.20 bits per heavy atom. The maximum absolute atomic E-state index is 12.9. The number of aryl methyl sites for hydroxylation is 1. The summed E-state index contributed by atoms with van der Waals surface area (Å²) in [5.41, 5.74) is 1.27. The Balaban J connectivity index is 0.000000354. The topological polar surface area (TPSA) is 126 Å². The van der Waals surface area contributed by atoms with Crippen LogP contribution in [-0.4, -0.2) is 44.2 Å². The summed E-state index contributed by atoms with van der Waals surface area (Å²) in [4.78, 5) is 31.5. The maximum Gasteiger partial charge on any atom is 0.393 e. The molecule has 2 fully saturated rings. The van der Waals surface area contributed by atoms with Crippen LogP contribution in [0.3, 0.4) is 0 Å². The Kier molecular flexibility index (Phi) is 10.1. The average molecular weight is 587 g/mol. The van der Waals surface area contributed by atoms with Gasteiger partial charge in [-0.25, -0.2) is 18.4 Å². The summed E-state index contributed by atoms with van der Waals surface area (Å²) in [6.07, 6.45) is 0.123. The van der Waals surface area contributed by atoms with Gasteiger partial charge in [-0.05, 0) is 35.7 Å². The first-order chi connectivity index (χ1) is 19.0. The smallest absolute Gasteiger partial charge is 0.352 e. The largest absolute Gasteiger partial charge is 0.393 e. The highest BCUT2D eigenvalue weighted by molar-refractivity contribution is 5.92. The molecule has 0 radical (unpaired) electrons. The van der Waals surface area contributed by atoms with Crippen molar-refractivity contribution in [3.63, 3.8) is 0 Å². The lowest BCUT2D eigenvalue weighted by Crippen LogP contribution is -2.38. The third-order valence-corrected chi connectivity index (χ3v) is 6.22. The molecule has 2 aromatic heterocycles. The van der Waals surface area contributed by atoms with E-state index in [0.29, 0.717) is 23.6 Å². The van der Waals surface area contributed by atoms with Crippen molar-refractivity contribution in [2.45, 2.75) is 91.4 Å². The van der Waals surface area contributed by atoms with Gasteiger partial charge in [0.1, 0.15) is 11.5 Å². The van der Waals surface area contributed by atoms with Crippen LogP contribution >= 0.6 is 0 Å². The molecule has 1 aromatic carbocycles. The van der Waals surface area contributed by atoms with Crippen LogP contribution in [0.5, 0.6) is 0 Å². The number of hydrogen-bond donors (Lipinski definition) is 3. The van der Waals surface area contributed by atoms with E-state index in [9.17, 15) is 31.5 Å². The number of fused-ring (bicyclic) bond motifs is 1. The summed E-state index contributed by atoms with van der Waals surface area (Å²) in [5, 5.41) is 12.6. The van der Waals surface area contributed by atoms with Gasteiger partial charge in [0, 0.05) is 25.8 Å². The van der Waals surface area contributed by atoms with E-state index in [2.05, 4.69) is 35.5 Å². The number of nitrogens with zero attached hydrogens (tertiary/aromatic N) is 3. The number of carbonyl (C=O) groups is 2. The number of hydrogen-bond acceptors (Lipinski definition) is 6. The van der Waals surface area contributed by atoms with Crippen LogP contribution in [0.15, 0.2) is 22.8 Å². The van der Waals surface area contributed by atoms with Gasteiger partial charge in [0.15, 0.2) is 5.69 Å². The minimum Gasteiger partial charge on any atom is -0.352 e. The summed E-state index contributed by atoms with van der Waals surface area (Å²) in [6.45, 7) is 5.51. The Bertz CT molecular complexity index is 1300. The molecular formula is C27H35F5N6O3. The van der Waals surface area contributed by atoms with E-state index in [0.717, 1.165) is 31.9 Å². The second-order valence-corrected chi connectivity index (χ2v) is 11.3. The standard InChI is InChI=1S/C19H20F2N6O3.C5H9F3.C3H6/c1-10-17(27-30-26-10)18(29)23-9-15-24-13-3-2-11(4-14(13)25-15)8-22-16(28)5-12-6-19(20,21)7-12;1-4(2,3)5(6,7)8;1-2-3-1/h2-4,12H,5-9H2,1H3,(H,22,28)(H,23,29)(H,24,25);1-3H3;1-3H2. The SMILES string of the molecule is C1CC1.CC(C)(C)C(F)(F)F.Cc1nonc1C(=O)NCc1nc2ccc(CNC(=O)CC3CC(F)(F)C3)cc2[nH]1. The van der Waals surface area contributed by atoms with Gasteiger partial charge in [-0.2, -0.15) is 13.2 Å². The van der Waals surface area contributed by atoms with E-state index in [4.69, 9.17) is 0 Å². The van der Waals surface area contributed by atoms with E-state index in [1.165, 1.54) is 19.3 Å². The number of amides is 2. The van der Waals surface area contributed by atoms with Crippen molar-refractivity contribution in [3.05, 3.63) is 41.0 Å². The lowest BCUT2D eigenvalue weighted by Gasteiger charge is -2.34. The van der Waals surface area contributed by atoms with Gasteiger partial charge < -0.3 is 15.6 Å². The summed E-state index contributed by atoms with van der Waals surface area (Å²) in [5.74, 6) is -2.95. The molecule has 226 valence electrons. The van der Waals surface area contributed by atoms with E-state index in [1.54, 1.807) is 13.0 Å². The van der Waals surface area contributed by atoms with Crippen molar-refractivity contribution in [1.82, 2.24) is 30.9 Å². The molecule has 3 aromatic rings. The maximum atomic E-state index is 12.9. The number of H-pyrrole nitrogens is 1. The molecule has 5 rings (SSSR count). The Morgan fingerprint density at radius 1 is 1.05 bits per heavy atom. The Labute approximate surface area is 234 Å². The fraction of sp³-hybridized carbons (Fsp3) is 0.593. The van der Waals surface area contributed by atoms with Crippen molar-refractivity contribution >= 4 is 22.8 Å². The number of benzene rings is 1. The highest BCUT2D eigenvalue weighted by atomic mass is 19.4. The molecule has 3 N–H and O–H groups in total. The van der Waals surface area contributed by atoms with Gasteiger partial charge in [-0.3, -0.25) is 9.59 Å². The highest BCUT2D eigenvalue weighted by Crippen LogP contribution is 2.44. The molecule has 2 amide bonds. The van der Waals surface area contributed by atoms with Gasteiger partial charge in [0.2, 0.25) is 11.8 Å². The quantitative estimate of drug-likeness (QED) is 0.292. The number of imidazole rings is 1. The number of carbonyl (C=O) groups excluding carboxylic acids is 2. The van der Waals surface area contributed by atoms with Crippen molar-refractivity contribution in [3.8, 4) is 0 Å². The summed E-state index contributed by atoms with van der Waals surface area (Å²) in [7, 11) is 0. The lowest BCUT2D eigenvalue weighted by atomic mass is 9.79. The number of aromatic amines is 1.